The van der Waals surface area contributed by atoms with E-state index >= 15 is 0 Å². The third-order valence-corrected chi connectivity index (χ3v) is 2.85. The summed E-state index contributed by atoms with van der Waals surface area (Å²) in [5, 5.41) is 36.9. The van der Waals surface area contributed by atoms with E-state index in [0.717, 1.165) is 0 Å². The standard InChI is InChI=1S/C6H14O11P2/c7-1-4(17-19(13,14)15)6(10)5(9)3(8)2-16-18(11)12/h3-10H,1-2H2,(H2-,11,12,13,14,15)/p+1/t3-,4?,5?,6?/m0/s1. The molecule has 114 valence electrons. The average molecular weight is 325 g/mol. The van der Waals surface area contributed by atoms with Crippen LogP contribution in [0, 0.1) is 0 Å². The van der Waals surface area contributed by atoms with Gasteiger partial charge in [-0.05, 0) is 0 Å². The third kappa shape index (κ3) is 7.98. The lowest BCUT2D eigenvalue weighted by Gasteiger charge is -2.27. The van der Waals surface area contributed by atoms with Crippen LogP contribution in [0.3, 0.4) is 0 Å². The first-order valence-electron chi connectivity index (χ1n) is 4.76. The van der Waals surface area contributed by atoms with Crippen molar-refractivity contribution in [2.75, 3.05) is 13.2 Å². The van der Waals surface area contributed by atoms with Crippen LogP contribution >= 0.6 is 16.1 Å². The summed E-state index contributed by atoms with van der Waals surface area (Å²) in [5.41, 5.74) is 0. The molecule has 11 nitrogen and oxygen atoms in total. The minimum Gasteiger partial charge on any atom is -0.394 e. The number of rotatable bonds is 9. The Kier molecular flexibility index (Phi) is 8.29. The molecular formula is C6H15O11P2+. The monoisotopic (exact) mass is 325 g/mol. The Morgan fingerprint density at radius 1 is 1.16 bits per heavy atom. The quantitative estimate of drug-likeness (QED) is 0.216. The van der Waals surface area contributed by atoms with Crippen LogP contribution in [-0.2, 0) is 18.2 Å². The van der Waals surface area contributed by atoms with Crippen molar-refractivity contribution in [2.45, 2.75) is 24.4 Å². The first-order chi connectivity index (χ1) is 8.58. The van der Waals surface area contributed by atoms with E-state index in [0.29, 0.717) is 0 Å². The van der Waals surface area contributed by atoms with E-state index in [1.54, 1.807) is 0 Å². The highest BCUT2D eigenvalue weighted by atomic mass is 31.2. The molecule has 0 aliphatic heterocycles. The van der Waals surface area contributed by atoms with Gasteiger partial charge in [-0.3, -0.25) is 4.52 Å². The average Bonchev–Trinajstić information content (AvgIpc) is 2.29. The number of aliphatic hydroxyl groups excluding tert-OH is 4. The number of aliphatic hydroxyl groups is 4. The lowest BCUT2D eigenvalue weighted by atomic mass is 10.0. The summed E-state index contributed by atoms with van der Waals surface area (Å²) in [6, 6.07) is 0. The van der Waals surface area contributed by atoms with Crippen molar-refractivity contribution in [3.8, 4) is 0 Å². The molecule has 0 amide bonds. The summed E-state index contributed by atoms with van der Waals surface area (Å²) in [7, 11) is -8.05. The summed E-state index contributed by atoms with van der Waals surface area (Å²) in [6.45, 7) is -1.87. The molecular weight excluding hydrogens is 310 g/mol. The molecule has 0 aromatic carbocycles. The van der Waals surface area contributed by atoms with Gasteiger partial charge in [-0.15, -0.1) is 9.42 Å². The lowest BCUT2D eigenvalue weighted by Crippen LogP contribution is -2.47. The van der Waals surface area contributed by atoms with Crippen molar-refractivity contribution < 1.29 is 53.3 Å². The first kappa shape index (κ1) is 19.0. The van der Waals surface area contributed by atoms with Crippen LogP contribution in [0.1, 0.15) is 0 Å². The van der Waals surface area contributed by atoms with E-state index in [2.05, 4.69) is 9.05 Å². The molecule has 0 saturated heterocycles. The minimum absolute atomic E-state index is 0.821. The van der Waals surface area contributed by atoms with E-state index in [4.69, 9.17) is 19.8 Å². The van der Waals surface area contributed by atoms with Gasteiger partial charge in [0.2, 0.25) is 0 Å². The van der Waals surface area contributed by atoms with Gasteiger partial charge in [0.05, 0.1) is 6.61 Å². The second kappa shape index (κ2) is 8.30. The molecule has 13 heteroatoms. The van der Waals surface area contributed by atoms with Crippen molar-refractivity contribution in [2.24, 2.45) is 0 Å². The van der Waals surface area contributed by atoms with E-state index in [1.807, 2.05) is 0 Å². The Bertz CT molecular complexity index is 329. The molecule has 0 aromatic rings. The molecule has 0 aliphatic carbocycles. The first-order valence-corrected chi connectivity index (χ1v) is 7.42. The predicted octanol–water partition coefficient (Wildman–Crippen LogP) is -2.79. The number of phosphoric ester groups is 1. The van der Waals surface area contributed by atoms with Crippen molar-refractivity contribution in [3.05, 3.63) is 0 Å². The topological polar surface area (TPSA) is 194 Å². The van der Waals surface area contributed by atoms with Crippen LogP contribution < -0.4 is 0 Å². The molecule has 4 unspecified atom stereocenters. The van der Waals surface area contributed by atoms with Crippen LogP contribution in [-0.4, -0.2) is 72.7 Å². The van der Waals surface area contributed by atoms with Gasteiger partial charge in [-0.1, -0.05) is 0 Å². The molecule has 0 rings (SSSR count). The van der Waals surface area contributed by atoms with E-state index in [1.165, 1.54) is 0 Å². The molecule has 0 heterocycles. The zero-order valence-corrected chi connectivity index (χ0v) is 11.2. The molecule has 0 aromatic heterocycles. The largest absolute Gasteiger partial charge is 0.694 e. The Balaban J connectivity index is 4.53. The lowest BCUT2D eigenvalue weighted by molar-refractivity contribution is -0.119. The number of hydrogen-bond donors (Lipinski definition) is 7. The Morgan fingerprint density at radius 2 is 1.68 bits per heavy atom. The molecule has 0 spiro atoms. The Morgan fingerprint density at radius 3 is 2.05 bits per heavy atom. The van der Waals surface area contributed by atoms with Crippen LogP contribution in [0.4, 0.5) is 0 Å². The van der Waals surface area contributed by atoms with Crippen LogP contribution in [0.5, 0.6) is 0 Å². The van der Waals surface area contributed by atoms with Crippen LogP contribution in [0.25, 0.3) is 0 Å². The third-order valence-electron chi connectivity index (χ3n) is 1.93. The minimum atomic E-state index is -5.02. The highest BCUT2D eigenvalue weighted by molar-refractivity contribution is 7.46. The zero-order valence-electron chi connectivity index (χ0n) is 9.38. The normalized spacial score (nSPS) is 19.6. The smallest absolute Gasteiger partial charge is 0.394 e. The molecule has 0 aliphatic rings. The van der Waals surface area contributed by atoms with Crippen molar-refractivity contribution in [1.29, 1.82) is 0 Å². The van der Waals surface area contributed by atoms with E-state index in [-0.39, 0.29) is 0 Å². The summed E-state index contributed by atoms with van der Waals surface area (Å²) >= 11 is 0. The molecule has 7 N–H and O–H groups in total. The summed E-state index contributed by atoms with van der Waals surface area (Å²) in [6.07, 6.45) is -7.80. The number of phosphoric acid groups is 1. The second-order valence-corrected chi connectivity index (χ2v) is 5.32. The maximum absolute atomic E-state index is 10.5. The highest BCUT2D eigenvalue weighted by Gasteiger charge is 2.36. The fourth-order valence-electron chi connectivity index (χ4n) is 1.07. The van der Waals surface area contributed by atoms with Gasteiger partial charge in [0.25, 0.3) is 0 Å². The van der Waals surface area contributed by atoms with Crippen LogP contribution in [0.15, 0.2) is 0 Å². The molecule has 19 heavy (non-hydrogen) atoms. The van der Waals surface area contributed by atoms with Gasteiger partial charge in [0.15, 0.2) is 0 Å². The summed E-state index contributed by atoms with van der Waals surface area (Å²) in [4.78, 5) is 25.3. The van der Waals surface area contributed by atoms with Crippen LogP contribution in [0.2, 0.25) is 0 Å². The SMILES string of the molecule is O=[P+](O)OC[C@H](O)C(O)C(O)C(CO)OP(=O)(O)O. The highest BCUT2D eigenvalue weighted by Crippen LogP contribution is 2.38. The molecule has 0 bridgehead atoms. The van der Waals surface area contributed by atoms with E-state index in [9.17, 15) is 24.4 Å². The Labute approximate surface area is 108 Å². The van der Waals surface area contributed by atoms with Gasteiger partial charge in [-0.25, -0.2) is 4.57 Å². The van der Waals surface area contributed by atoms with E-state index < -0.39 is 53.7 Å². The van der Waals surface area contributed by atoms with Gasteiger partial charge < -0.3 is 30.2 Å². The van der Waals surface area contributed by atoms with Crippen molar-refractivity contribution >= 4 is 16.1 Å². The zero-order chi connectivity index (χ0) is 15.2. The molecule has 5 atom stereocenters. The van der Waals surface area contributed by atoms with Gasteiger partial charge >= 0.3 is 16.1 Å². The molecule has 0 radical (unpaired) electrons. The maximum atomic E-state index is 10.5. The fraction of sp³-hybridized carbons (Fsp3) is 1.00. The molecule has 0 fully saturated rings. The van der Waals surface area contributed by atoms with Crippen molar-refractivity contribution in [1.82, 2.24) is 0 Å². The predicted molar refractivity (Wildman–Crippen MR) is 57.8 cm³/mol. The second-order valence-electron chi connectivity index (χ2n) is 3.40. The summed E-state index contributed by atoms with van der Waals surface area (Å²) in [5.74, 6) is 0. The van der Waals surface area contributed by atoms with Gasteiger partial charge in [0.1, 0.15) is 31.0 Å². The number of hydrogen-bond acceptors (Lipinski definition) is 8. The summed E-state index contributed by atoms with van der Waals surface area (Å²) < 4.78 is 28.8. The van der Waals surface area contributed by atoms with Gasteiger partial charge in [0, 0.05) is 4.57 Å². The van der Waals surface area contributed by atoms with Gasteiger partial charge in [-0.2, -0.15) is 0 Å². The maximum Gasteiger partial charge on any atom is 0.694 e. The molecule has 0 saturated carbocycles. The van der Waals surface area contributed by atoms with Crippen molar-refractivity contribution in [3.63, 3.8) is 0 Å². The fourth-order valence-corrected chi connectivity index (χ4v) is 1.89. The Hall–Kier alpha value is -0.0300.